The molecule has 1 rings (SSSR count). The van der Waals surface area contributed by atoms with E-state index in [1.807, 2.05) is 12.1 Å². The van der Waals surface area contributed by atoms with Gasteiger partial charge >= 0.3 is 11.9 Å². The second-order valence-electron chi connectivity index (χ2n) is 4.49. The molecular weight excluding hydrogens is 370 g/mol. The predicted molar refractivity (Wildman–Crippen MR) is 89.0 cm³/mol. The molecule has 0 amide bonds. The van der Waals surface area contributed by atoms with Gasteiger partial charge in [0, 0.05) is 20.3 Å². The quantitative estimate of drug-likeness (QED) is 0.459. The lowest BCUT2D eigenvalue weighted by molar-refractivity contribution is -0.159. The second kappa shape index (κ2) is 12.9. The van der Waals surface area contributed by atoms with Crippen molar-refractivity contribution in [2.75, 3.05) is 33.4 Å². The molecule has 0 bridgehead atoms. The third-order valence-electron chi connectivity index (χ3n) is 2.51. The smallest absolute Gasteiger partial charge is 0.414 e. The third kappa shape index (κ3) is 11.6. The molecule has 1 aromatic rings. The van der Waals surface area contributed by atoms with E-state index >= 15 is 0 Å². The molecule has 0 spiro atoms. The van der Waals surface area contributed by atoms with Gasteiger partial charge in [0.25, 0.3) is 0 Å². The first kappa shape index (κ1) is 21.4. The Balaban J connectivity index is 0.000000688. The Labute approximate surface area is 143 Å². The van der Waals surface area contributed by atoms with Gasteiger partial charge in [-0.15, -0.1) is 0 Å². The molecule has 0 heterocycles. The van der Waals surface area contributed by atoms with Gasteiger partial charge in [-0.25, -0.2) is 9.59 Å². The second-order valence-corrected chi connectivity index (χ2v) is 5.34. The van der Waals surface area contributed by atoms with Crippen LogP contribution in [0.2, 0.25) is 0 Å². The Bertz CT molecular complexity index is 483. The van der Waals surface area contributed by atoms with E-state index in [0.717, 1.165) is 36.3 Å². The monoisotopic (exact) mass is 391 g/mol. The fourth-order valence-corrected chi connectivity index (χ4v) is 2.03. The van der Waals surface area contributed by atoms with Crippen molar-refractivity contribution < 1.29 is 29.3 Å². The number of nitrogens with one attached hydrogen (secondary N) is 1. The van der Waals surface area contributed by atoms with Crippen molar-refractivity contribution in [2.24, 2.45) is 0 Å². The fourth-order valence-electron chi connectivity index (χ4n) is 1.42. The molecule has 0 aliphatic rings. The molecule has 0 aliphatic carbocycles. The van der Waals surface area contributed by atoms with E-state index in [1.54, 1.807) is 7.11 Å². The van der Waals surface area contributed by atoms with Gasteiger partial charge in [0.15, 0.2) is 0 Å². The van der Waals surface area contributed by atoms with Gasteiger partial charge in [-0.3, -0.25) is 0 Å². The lowest BCUT2D eigenvalue weighted by atomic mass is 10.2. The number of rotatable bonds is 8. The molecule has 0 aliphatic heterocycles. The first-order chi connectivity index (χ1) is 10.9. The van der Waals surface area contributed by atoms with Crippen LogP contribution in [-0.2, 0) is 14.3 Å². The minimum absolute atomic E-state index is 0.675. The number of benzene rings is 1. The van der Waals surface area contributed by atoms with Crippen LogP contribution in [0, 0.1) is 6.92 Å². The maximum absolute atomic E-state index is 9.10. The minimum Gasteiger partial charge on any atom is -0.491 e. The van der Waals surface area contributed by atoms with Crippen LogP contribution in [0.1, 0.15) is 12.0 Å². The van der Waals surface area contributed by atoms with E-state index in [0.29, 0.717) is 6.61 Å². The number of carboxylic acids is 2. The third-order valence-corrected chi connectivity index (χ3v) is 3.13. The molecular formula is C15H22BrNO6. The number of aliphatic carboxylic acids is 2. The summed E-state index contributed by atoms with van der Waals surface area (Å²) in [4.78, 5) is 18.2. The van der Waals surface area contributed by atoms with Crippen molar-refractivity contribution >= 4 is 27.9 Å². The van der Waals surface area contributed by atoms with Crippen LogP contribution in [0.25, 0.3) is 0 Å². The van der Waals surface area contributed by atoms with Crippen molar-refractivity contribution in [3.63, 3.8) is 0 Å². The van der Waals surface area contributed by atoms with Gasteiger partial charge in [-0.05, 0) is 53.5 Å². The summed E-state index contributed by atoms with van der Waals surface area (Å²) < 4.78 is 11.6. The molecule has 0 aromatic heterocycles. The van der Waals surface area contributed by atoms with Crippen LogP contribution < -0.4 is 10.1 Å². The summed E-state index contributed by atoms with van der Waals surface area (Å²) in [5.74, 6) is -2.75. The van der Waals surface area contributed by atoms with Crippen LogP contribution in [0.4, 0.5) is 0 Å². The van der Waals surface area contributed by atoms with Crippen molar-refractivity contribution in [1.29, 1.82) is 0 Å². The van der Waals surface area contributed by atoms with Crippen LogP contribution in [0.3, 0.4) is 0 Å². The van der Waals surface area contributed by atoms with Crippen molar-refractivity contribution in [3.05, 3.63) is 28.2 Å². The first-order valence-electron chi connectivity index (χ1n) is 6.93. The molecule has 0 radical (unpaired) electrons. The molecule has 3 N–H and O–H groups in total. The zero-order chi connectivity index (χ0) is 17.7. The van der Waals surface area contributed by atoms with Crippen LogP contribution >= 0.6 is 15.9 Å². The van der Waals surface area contributed by atoms with Gasteiger partial charge in [0.2, 0.25) is 0 Å². The number of hydrogen-bond acceptors (Lipinski definition) is 5. The number of aryl methyl sites for hydroxylation is 1. The normalized spacial score (nSPS) is 9.70. The Hall–Kier alpha value is -1.64. The molecule has 130 valence electrons. The van der Waals surface area contributed by atoms with Gasteiger partial charge in [0.1, 0.15) is 12.4 Å². The lowest BCUT2D eigenvalue weighted by Gasteiger charge is -2.09. The van der Waals surface area contributed by atoms with E-state index in [1.165, 1.54) is 5.56 Å². The summed E-state index contributed by atoms with van der Waals surface area (Å²) >= 11 is 3.49. The summed E-state index contributed by atoms with van der Waals surface area (Å²) in [6, 6.07) is 6.10. The summed E-state index contributed by atoms with van der Waals surface area (Å²) in [6.07, 6.45) is 1.03. The highest BCUT2D eigenvalue weighted by Gasteiger charge is 2.04. The standard InChI is InChI=1S/C13H20BrNO2.C2H2O4/c1-11-4-5-13(12(14)10-11)17-9-7-15-6-3-8-16-2;3-1(4)2(5)6/h4-5,10,15H,3,6-9H2,1-2H3;(H,3,4)(H,5,6). The zero-order valence-electron chi connectivity index (χ0n) is 13.2. The van der Waals surface area contributed by atoms with Crippen LogP contribution in [-0.4, -0.2) is 55.6 Å². The topological polar surface area (TPSA) is 105 Å². The number of carboxylic acid groups (broad SMARTS) is 2. The van der Waals surface area contributed by atoms with Gasteiger partial charge in [-0.1, -0.05) is 6.07 Å². The summed E-state index contributed by atoms with van der Waals surface area (Å²) in [5, 5.41) is 18.1. The Morgan fingerprint density at radius 3 is 2.35 bits per heavy atom. The van der Waals surface area contributed by atoms with Gasteiger partial charge < -0.3 is 25.0 Å². The maximum atomic E-state index is 9.10. The van der Waals surface area contributed by atoms with Crippen LogP contribution in [0.15, 0.2) is 22.7 Å². The average molecular weight is 392 g/mol. The molecule has 0 saturated heterocycles. The number of methoxy groups -OCH3 is 1. The molecule has 0 fully saturated rings. The van der Waals surface area contributed by atoms with Crippen LogP contribution in [0.5, 0.6) is 5.75 Å². The number of halogens is 1. The lowest BCUT2D eigenvalue weighted by Crippen LogP contribution is -2.22. The molecule has 0 unspecified atom stereocenters. The molecule has 8 heteroatoms. The summed E-state index contributed by atoms with van der Waals surface area (Å²) in [6.45, 7) is 5.36. The first-order valence-corrected chi connectivity index (χ1v) is 7.72. The highest BCUT2D eigenvalue weighted by Crippen LogP contribution is 2.25. The van der Waals surface area contributed by atoms with Crippen molar-refractivity contribution in [2.45, 2.75) is 13.3 Å². The molecule has 0 atom stereocenters. The SMILES string of the molecule is COCCCNCCOc1ccc(C)cc1Br.O=C(O)C(=O)O. The van der Waals surface area contributed by atoms with E-state index in [-0.39, 0.29) is 0 Å². The van der Waals surface area contributed by atoms with E-state index < -0.39 is 11.9 Å². The van der Waals surface area contributed by atoms with Crippen molar-refractivity contribution in [3.8, 4) is 5.75 Å². The number of hydrogen-bond donors (Lipinski definition) is 3. The number of ether oxygens (including phenoxy) is 2. The molecule has 0 saturated carbocycles. The predicted octanol–water partition coefficient (Wildman–Crippen LogP) is 1.92. The summed E-state index contributed by atoms with van der Waals surface area (Å²) in [5.41, 5.74) is 1.22. The molecule has 7 nitrogen and oxygen atoms in total. The zero-order valence-corrected chi connectivity index (χ0v) is 14.8. The van der Waals surface area contributed by atoms with Gasteiger partial charge in [0.05, 0.1) is 4.47 Å². The molecule has 23 heavy (non-hydrogen) atoms. The summed E-state index contributed by atoms with van der Waals surface area (Å²) in [7, 11) is 1.72. The largest absolute Gasteiger partial charge is 0.491 e. The highest BCUT2D eigenvalue weighted by molar-refractivity contribution is 9.10. The Morgan fingerprint density at radius 1 is 1.17 bits per heavy atom. The van der Waals surface area contributed by atoms with Crippen molar-refractivity contribution in [1.82, 2.24) is 5.32 Å². The van der Waals surface area contributed by atoms with E-state index in [4.69, 9.17) is 29.3 Å². The maximum Gasteiger partial charge on any atom is 0.414 e. The minimum atomic E-state index is -1.82. The van der Waals surface area contributed by atoms with Gasteiger partial charge in [-0.2, -0.15) is 0 Å². The van der Waals surface area contributed by atoms with E-state index in [2.05, 4.69) is 34.2 Å². The Morgan fingerprint density at radius 2 is 1.83 bits per heavy atom. The fraction of sp³-hybridized carbons (Fsp3) is 0.467. The Kier molecular flexibility index (Phi) is 11.9. The van der Waals surface area contributed by atoms with E-state index in [9.17, 15) is 0 Å². The highest BCUT2D eigenvalue weighted by atomic mass is 79.9. The molecule has 1 aromatic carbocycles. The average Bonchev–Trinajstić information content (AvgIpc) is 2.48. The number of carbonyl (C=O) groups is 2.